The van der Waals surface area contributed by atoms with Crippen molar-refractivity contribution in [3.05, 3.63) is 76.9 Å². The number of ether oxygens (including phenoxy) is 6. The van der Waals surface area contributed by atoms with Gasteiger partial charge < -0.3 is 44.2 Å². The molecule has 7 rings (SSSR count). The molecule has 2 aromatic carbocycles. The molecular weight excluding hydrogens is 903 g/mol. The second-order valence-electron chi connectivity index (χ2n) is 21.1. The van der Waals surface area contributed by atoms with Crippen LogP contribution >= 0.6 is 0 Å². The summed E-state index contributed by atoms with van der Waals surface area (Å²) in [5.41, 5.74) is -0.562. The standard InChI is InChI=1S/C53H71N3O14/c1-8-10-12-24-52(25-13-11-9-2)68-41-38-28-53(49(63)54-29-34-17-15-19-36(27-34)46(60)55-37(31-57)21-23-40(59)67-50(3,4)5)43(47(61)65-38)56(70-44(53)42(41)69-52)30-35-18-14-16-33(26-35)20-22-39(58)66-45-48(62)64-32-51(45,6)7/h14-20,22,26-27,37-38,41-45,57H,8-13,21,23-25,28-32H2,1-7H3,(H,54,63)(H,55,60)/t37-,38?,41-,42-,43-,44+,45-,53?/m0/s1. The van der Waals surface area contributed by atoms with Gasteiger partial charge in [-0.2, -0.15) is 5.06 Å². The number of amides is 2. The Morgan fingerprint density at radius 2 is 1.63 bits per heavy atom. The van der Waals surface area contributed by atoms with Gasteiger partial charge in [0.05, 0.1) is 19.2 Å². The van der Waals surface area contributed by atoms with E-state index in [2.05, 4.69) is 24.5 Å². The van der Waals surface area contributed by atoms with Gasteiger partial charge in [0, 0.05) is 49.3 Å². The Hall–Kier alpha value is -5.20. The number of hydroxylamine groups is 2. The van der Waals surface area contributed by atoms with E-state index < -0.39 is 101 Å². The van der Waals surface area contributed by atoms with Crippen molar-refractivity contribution in [2.45, 2.75) is 186 Å². The minimum Gasteiger partial charge on any atom is -0.462 e. The van der Waals surface area contributed by atoms with Crippen LogP contribution in [0.15, 0.2) is 54.6 Å². The first kappa shape index (κ1) is 52.6. The second-order valence-corrected chi connectivity index (χ2v) is 21.1. The van der Waals surface area contributed by atoms with Gasteiger partial charge in [0.15, 0.2) is 11.8 Å². The largest absolute Gasteiger partial charge is 0.462 e. The smallest absolute Gasteiger partial charge is 0.348 e. The molecule has 5 fully saturated rings. The number of cyclic esters (lactones) is 1. The maximum atomic E-state index is 15.1. The van der Waals surface area contributed by atoms with Crippen molar-refractivity contribution in [3.8, 4) is 0 Å². The van der Waals surface area contributed by atoms with Crippen molar-refractivity contribution in [3.63, 3.8) is 0 Å². The van der Waals surface area contributed by atoms with Crippen LogP contribution in [0.1, 0.15) is 146 Å². The molecule has 2 aromatic rings. The Morgan fingerprint density at radius 1 is 0.929 bits per heavy atom. The number of aliphatic hydroxyl groups excluding tert-OH is 1. The highest BCUT2D eigenvalue weighted by molar-refractivity contribution is 5.95. The molecule has 17 heteroatoms. The molecule has 2 unspecified atom stereocenters. The third-order valence-corrected chi connectivity index (χ3v) is 13.8. The van der Waals surface area contributed by atoms with E-state index in [0.29, 0.717) is 29.5 Å². The number of nitrogens with one attached hydrogen (secondary N) is 2. The van der Waals surface area contributed by atoms with Crippen LogP contribution in [-0.2, 0) is 70.3 Å². The van der Waals surface area contributed by atoms with Crippen molar-refractivity contribution >= 4 is 41.8 Å². The zero-order chi connectivity index (χ0) is 50.4. The summed E-state index contributed by atoms with van der Waals surface area (Å²) in [7, 11) is 0. The number of nitrogens with zero attached hydrogens (tertiary/aromatic N) is 1. The number of hydrogen-bond donors (Lipinski definition) is 3. The fourth-order valence-electron chi connectivity index (χ4n) is 10.3. The van der Waals surface area contributed by atoms with Crippen LogP contribution in [0.4, 0.5) is 0 Å². The van der Waals surface area contributed by atoms with Crippen molar-refractivity contribution in [2.75, 3.05) is 13.2 Å². The number of esters is 4. The first-order valence-corrected chi connectivity index (χ1v) is 24.9. The van der Waals surface area contributed by atoms with Crippen molar-refractivity contribution < 1.29 is 67.1 Å². The van der Waals surface area contributed by atoms with Crippen molar-refractivity contribution in [1.82, 2.24) is 15.7 Å². The number of unbranched alkanes of at least 4 members (excludes halogenated alkanes) is 4. The number of carbonyl (C=O) groups is 6. The lowest BCUT2D eigenvalue weighted by Crippen LogP contribution is -2.69. The number of rotatable bonds is 22. The zero-order valence-corrected chi connectivity index (χ0v) is 41.6. The number of fused-ring (bicyclic) bond motifs is 4. The molecule has 2 amide bonds. The first-order valence-electron chi connectivity index (χ1n) is 24.9. The van der Waals surface area contributed by atoms with Gasteiger partial charge >= 0.3 is 23.9 Å². The van der Waals surface area contributed by atoms with E-state index in [9.17, 15) is 29.1 Å². The van der Waals surface area contributed by atoms with Gasteiger partial charge in [0.1, 0.15) is 42.0 Å². The predicted octanol–water partition coefficient (Wildman–Crippen LogP) is 6.16. The molecular formula is C53H71N3O14. The summed E-state index contributed by atoms with van der Waals surface area (Å²) in [4.78, 5) is 87.2. The Morgan fingerprint density at radius 3 is 2.30 bits per heavy atom. The molecule has 5 aliphatic rings. The quantitative estimate of drug-likeness (QED) is 0.0521. The van der Waals surface area contributed by atoms with E-state index in [4.69, 9.17) is 33.3 Å². The van der Waals surface area contributed by atoms with E-state index in [-0.39, 0.29) is 51.1 Å². The molecule has 0 aromatic heterocycles. The minimum absolute atomic E-state index is 0.00258. The fraction of sp³-hybridized carbons (Fsp3) is 0.623. The molecule has 4 heterocycles. The molecule has 2 bridgehead atoms. The van der Waals surface area contributed by atoms with E-state index in [1.165, 1.54) is 11.1 Å². The van der Waals surface area contributed by atoms with Gasteiger partial charge in [-0.25, -0.2) is 9.59 Å². The highest BCUT2D eigenvalue weighted by atomic mass is 16.8. The summed E-state index contributed by atoms with van der Waals surface area (Å²) < 4.78 is 36.1. The van der Waals surface area contributed by atoms with E-state index >= 15 is 4.79 Å². The Bertz CT molecular complexity index is 2260. The van der Waals surface area contributed by atoms with Crippen LogP contribution in [0.25, 0.3) is 6.08 Å². The third-order valence-electron chi connectivity index (χ3n) is 13.8. The highest BCUT2D eigenvalue weighted by Gasteiger charge is 2.76. The molecule has 1 saturated carbocycles. The average molecular weight is 974 g/mol. The second kappa shape index (κ2) is 22.1. The molecule has 0 radical (unpaired) electrons. The van der Waals surface area contributed by atoms with Gasteiger partial charge in [-0.15, -0.1) is 0 Å². The number of aliphatic hydroxyl groups is 1. The van der Waals surface area contributed by atoms with Crippen LogP contribution < -0.4 is 10.6 Å². The number of hydrogen-bond acceptors (Lipinski definition) is 15. The van der Waals surface area contributed by atoms with Crippen LogP contribution in [0.3, 0.4) is 0 Å². The van der Waals surface area contributed by atoms with E-state index in [0.717, 1.165) is 38.5 Å². The highest BCUT2D eigenvalue weighted by Crippen LogP contribution is 2.58. The Labute approximate surface area is 410 Å². The predicted molar refractivity (Wildman–Crippen MR) is 254 cm³/mol. The Kier molecular flexibility index (Phi) is 16.6. The normalized spacial score (nSPS) is 26.8. The molecule has 17 nitrogen and oxygen atoms in total. The fourth-order valence-corrected chi connectivity index (χ4v) is 10.3. The topological polar surface area (TPSA) is 215 Å². The monoisotopic (exact) mass is 973 g/mol. The summed E-state index contributed by atoms with van der Waals surface area (Å²) in [6.07, 6.45) is 5.94. The lowest BCUT2D eigenvalue weighted by Gasteiger charge is -2.48. The van der Waals surface area contributed by atoms with E-state index in [1.807, 2.05) is 12.1 Å². The maximum Gasteiger partial charge on any atom is 0.348 e. The molecule has 4 aliphatic heterocycles. The summed E-state index contributed by atoms with van der Waals surface area (Å²) >= 11 is 0. The summed E-state index contributed by atoms with van der Waals surface area (Å²) in [6, 6.07) is 12.1. The van der Waals surface area contributed by atoms with Crippen LogP contribution in [0, 0.1) is 10.8 Å². The lowest BCUT2D eigenvalue weighted by atomic mass is 9.62. The van der Waals surface area contributed by atoms with Crippen LogP contribution in [-0.4, -0.2) is 113 Å². The molecule has 3 N–H and O–H groups in total. The van der Waals surface area contributed by atoms with Gasteiger partial charge in [0.25, 0.3) is 5.91 Å². The van der Waals surface area contributed by atoms with Crippen molar-refractivity contribution in [2.24, 2.45) is 10.8 Å². The lowest BCUT2D eigenvalue weighted by molar-refractivity contribution is -0.224. The minimum atomic E-state index is -1.47. The summed E-state index contributed by atoms with van der Waals surface area (Å²) in [5, 5.41) is 17.4. The molecule has 382 valence electrons. The molecule has 4 saturated heterocycles. The van der Waals surface area contributed by atoms with Gasteiger partial charge in [-0.3, -0.25) is 24.0 Å². The van der Waals surface area contributed by atoms with E-state index in [1.54, 1.807) is 77.1 Å². The van der Waals surface area contributed by atoms with Crippen LogP contribution in [0.2, 0.25) is 0 Å². The number of benzene rings is 2. The van der Waals surface area contributed by atoms with Gasteiger partial charge in [0.2, 0.25) is 12.0 Å². The number of carbonyl (C=O) groups excluding carboxylic acids is 6. The Balaban J connectivity index is 1.12. The first-order chi connectivity index (χ1) is 33.3. The van der Waals surface area contributed by atoms with Crippen LogP contribution in [0.5, 0.6) is 0 Å². The average Bonchev–Trinajstić information content (AvgIpc) is 3.95. The SMILES string of the molecule is CCCCCC1(CCCCC)O[C@@H]2[C@H]3ON(Cc4cccc(C=CC(=O)O[C@H]5C(=O)OCC5(C)C)c4)[C@H]4C(=O)OC(CC34C(=O)NCc3cccc(C(=O)N[C@H](CO)CCC(=O)OC(C)(C)C)c3)[C@@H]2O1. The molecule has 70 heavy (non-hydrogen) atoms. The molecule has 1 aliphatic carbocycles. The van der Waals surface area contributed by atoms with Gasteiger partial charge in [-0.05, 0) is 74.9 Å². The zero-order valence-electron chi connectivity index (χ0n) is 41.6. The summed E-state index contributed by atoms with van der Waals surface area (Å²) in [6.45, 7) is 13.0. The molecule has 0 spiro atoms. The van der Waals surface area contributed by atoms with Crippen molar-refractivity contribution in [1.29, 1.82) is 0 Å². The van der Waals surface area contributed by atoms with Gasteiger partial charge in [-0.1, -0.05) is 89.8 Å². The summed E-state index contributed by atoms with van der Waals surface area (Å²) in [5.74, 6) is -4.20. The molecule has 8 atom stereocenters. The third kappa shape index (κ3) is 11.9. The maximum absolute atomic E-state index is 15.1.